The topological polar surface area (TPSA) is 93.0 Å². The van der Waals surface area contributed by atoms with Crippen LogP contribution in [0.4, 0.5) is 6.01 Å². The molecule has 0 spiro atoms. The first-order valence-electron chi connectivity index (χ1n) is 5.13. The molecule has 2 aromatic heterocycles. The van der Waals surface area contributed by atoms with Gasteiger partial charge in [0.2, 0.25) is 0 Å². The predicted octanol–water partition coefficient (Wildman–Crippen LogP) is 1.19. The van der Waals surface area contributed by atoms with Gasteiger partial charge in [0.1, 0.15) is 6.26 Å². The van der Waals surface area contributed by atoms with Crippen LogP contribution in [0.2, 0.25) is 0 Å². The van der Waals surface area contributed by atoms with Gasteiger partial charge >= 0.3 is 5.97 Å². The molecule has 0 saturated carbocycles. The molecule has 0 saturated heterocycles. The molecule has 0 aliphatic rings. The lowest BCUT2D eigenvalue weighted by Crippen LogP contribution is -2.05. The number of nitrogens with zero attached hydrogens (tertiary/aromatic N) is 2. The van der Waals surface area contributed by atoms with E-state index >= 15 is 0 Å². The minimum Gasteiger partial charge on any atom is -0.461 e. The maximum Gasteiger partial charge on any atom is 0.360 e. The van der Waals surface area contributed by atoms with Crippen LogP contribution in [0.1, 0.15) is 23.1 Å². The first-order valence-corrected chi connectivity index (χ1v) is 5.13. The quantitative estimate of drug-likeness (QED) is 0.757. The largest absolute Gasteiger partial charge is 0.461 e. The summed E-state index contributed by atoms with van der Waals surface area (Å²) in [6.45, 7) is 2.53. The summed E-state index contributed by atoms with van der Waals surface area (Å²) in [6.07, 6.45) is 4.52. The van der Waals surface area contributed by atoms with Crippen molar-refractivity contribution < 1.29 is 13.9 Å². The molecule has 0 aliphatic carbocycles. The van der Waals surface area contributed by atoms with E-state index in [0.29, 0.717) is 13.2 Å². The van der Waals surface area contributed by atoms with Crippen LogP contribution in [0.3, 0.4) is 0 Å². The number of carbonyl (C=O) groups is 1. The number of hydrogen-bond acceptors (Lipinski definition) is 6. The molecule has 0 radical (unpaired) electrons. The SMILES string of the molecule is CCOC(=O)c1coc(NCc2cnc[nH]2)n1. The molecule has 0 aliphatic heterocycles. The van der Waals surface area contributed by atoms with Gasteiger partial charge in [-0.25, -0.2) is 9.78 Å². The van der Waals surface area contributed by atoms with Gasteiger partial charge in [-0.15, -0.1) is 0 Å². The van der Waals surface area contributed by atoms with Crippen LogP contribution < -0.4 is 5.32 Å². The van der Waals surface area contributed by atoms with Crippen LogP contribution >= 0.6 is 0 Å². The zero-order chi connectivity index (χ0) is 12.1. The zero-order valence-electron chi connectivity index (χ0n) is 9.27. The molecule has 0 aromatic carbocycles. The van der Waals surface area contributed by atoms with Gasteiger partial charge in [0.25, 0.3) is 6.01 Å². The normalized spacial score (nSPS) is 10.2. The highest BCUT2D eigenvalue weighted by atomic mass is 16.5. The van der Waals surface area contributed by atoms with Crippen molar-refractivity contribution in [2.45, 2.75) is 13.5 Å². The number of esters is 1. The van der Waals surface area contributed by atoms with Gasteiger partial charge in [-0.2, -0.15) is 4.98 Å². The van der Waals surface area contributed by atoms with Gasteiger partial charge in [0, 0.05) is 6.20 Å². The van der Waals surface area contributed by atoms with Gasteiger partial charge < -0.3 is 19.5 Å². The van der Waals surface area contributed by atoms with Crippen LogP contribution in [-0.4, -0.2) is 27.5 Å². The second kappa shape index (κ2) is 5.15. The fraction of sp³-hybridized carbons (Fsp3) is 0.300. The van der Waals surface area contributed by atoms with E-state index in [1.165, 1.54) is 6.26 Å². The van der Waals surface area contributed by atoms with Crippen LogP contribution in [0, 0.1) is 0 Å². The summed E-state index contributed by atoms with van der Waals surface area (Å²) in [6, 6.07) is 0.266. The highest BCUT2D eigenvalue weighted by Crippen LogP contribution is 2.09. The van der Waals surface area contributed by atoms with Gasteiger partial charge in [-0.3, -0.25) is 0 Å². The molecule has 0 bridgehead atoms. The lowest BCUT2D eigenvalue weighted by atomic mass is 10.5. The Morgan fingerprint density at radius 3 is 3.24 bits per heavy atom. The highest BCUT2D eigenvalue weighted by Gasteiger charge is 2.12. The molecule has 2 N–H and O–H groups in total. The Morgan fingerprint density at radius 2 is 2.53 bits per heavy atom. The highest BCUT2D eigenvalue weighted by molar-refractivity contribution is 5.87. The van der Waals surface area contributed by atoms with Crippen molar-refractivity contribution in [2.24, 2.45) is 0 Å². The first kappa shape index (κ1) is 11.2. The third-order valence-electron chi connectivity index (χ3n) is 1.97. The summed E-state index contributed by atoms with van der Waals surface area (Å²) < 4.78 is 9.86. The Labute approximate surface area is 97.2 Å². The third-order valence-corrected chi connectivity index (χ3v) is 1.97. The van der Waals surface area contributed by atoms with Crippen molar-refractivity contribution in [3.63, 3.8) is 0 Å². The number of aromatic nitrogens is 3. The molecular weight excluding hydrogens is 224 g/mol. The first-order chi connectivity index (χ1) is 8.29. The van der Waals surface area contributed by atoms with Crippen molar-refractivity contribution in [2.75, 3.05) is 11.9 Å². The lowest BCUT2D eigenvalue weighted by Gasteiger charge is -1.97. The van der Waals surface area contributed by atoms with E-state index in [1.807, 2.05) is 0 Å². The Kier molecular flexibility index (Phi) is 3.39. The molecule has 17 heavy (non-hydrogen) atoms. The second-order valence-electron chi connectivity index (χ2n) is 3.19. The number of rotatable bonds is 5. The summed E-state index contributed by atoms with van der Waals surface area (Å²) in [4.78, 5) is 22.0. The van der Waals surface area contributed by atoms with Crippen LogP contribution in [0.5, 0.6) is 0 Å². The van der Waals surface area contributed by atoms with Crippen LogP contribution in [0.15, 0.2) is 23.2 Å². The standard InChI is InChI=1S/C10H12N4O3/c1-2-16-9(15)8-5-17-10(14-8)12-4-7-3-11-6-13-7/h3,5-6H,2,4H2,1H3,(H,11,13)(H,12,14). The molecule has 0 atom stereocenters. The Hall–Kier alpha value is -2.31. The van der Waals surface area contributed by atoms with E-state index in [4.69, 9.17) is 9.15 Å². The van der Waals surface area contributed by atoms with E-state index < -0.39 is 5.97 Å². The van der Waals surface area contributed by atoms with Gasteiger partial charge in [0.05, 0.1) is 25.2 Å². The molecule has 7 heteroatoms. The van der Waals surface area contributed by atoms with Gasteiger partial charge in [0.15, 0.2) is 5.69 Å². The number of aromatic amines is 1. The Bertz CT molecular complexity index is 477. The number of carbonyl (C=O) groups excluding carboxylic acids is 1. The van der Waals surface area contributed by atoms with E-state index in [0.717, 1.165) is 5.69 Å². The molecule has 7 nitrogen and oxygen atoms in total. The van der Waals surface area contributed by atoms with E-state index in [2.05, 4.69) is 20.3 Å². The van der Waals surface area contributed by atoms with E-state index in [1.54, 1.807) is 19.4 Å². The van der Waals surface area contributed by atoms with Gasteiger partial charge in [-0.05, 0) is 6.92 Å². The maximum absolute atomic E-state index is 11.3. The summed E-state index contributed by atoms with van der Waals surface area (Å²) in [5.74, 6) is -0.495. The monoisotopic (exact) mass is 236 g/mol. The zero-order valence-corrected chi connectivity index (χ0v) is 9.27. The van der Waals surface area contributed by atoms with Crippen molar-refractivity contribution in [3.05, 3.63) is 30.2 Å². The third kappa shape index (κ3) is 2.83. The molecular formula is C10H12N4O3. The number of H-pyrrole nitrogens is 1. The van der Waals surface area contributed by atoms with Crippen molar-refractivity contribution in [1.82, 2.24) is 15.0 Å². The van der Waals surface area contributed by atoms with Crippen LogP contribution in [-0.2, 0) is 11.3 Å². The Balaban J connectivity index is 1.92. The predicted molar refractivity (Wildman–Crippen MR) is 58.4 cm³/mol. The molecule has 2 rings (SSSR count). The van der Waals surface area contributed by atoms with Crippen molar-refractivity contribution in [1.29, 1.82) is 0 Å². The number of hydrogen-bond donors (Lipinski definition) is 2. The average molecular weight is 236 g/mol. The molecule has 0 amide bonds. The smallest absolute Gasteiger partial charge is 0.360 e. The number of oxazole rings is 1. The summed E-state index contributed by atoms with van der Waals surface area (Å²) in [5.41, 5.74) is 1.04. The fourth-order valence-corrected chi connectivity index (χ4v) is 1.21. The number of nitrogens with one attached hydrogen (secondary N) is 2. The molecule has 90 valence electrons. The average Bonchev–Trinajstić information content (AvgIpc) is 2.98. The minimum atomic E-state index is -0.495. The maximum atomic E-state index is 11.3. The van der Waals surface area contributed by atoms with Gasteiger partial charge in [-0.1, -0.05) is 0 Å². The van der Waals surface area contributed by atoms with Crippen molar-refractivity contribution >= 4 is 12.0 Å². The molecule has 0 unspecified atom stereocenters. The number of imidazole rings is 1. The Morgan fingerprint density at radius 1 is 1.65 bits per heavy atom. The number of anilines is 1. The second-order valence-corrected chi connectivity index (χ2v) is 3.19. The molecule has 0 fully saturated rings. The summed E-state index contributed by atoms with van der Waals surface area (Å²) >= 11 is 0. The fourth-order valence-electron chi connectivity index (χ4n) is 1.21. The molecule has 2 aromatic rings. The number of ether oxygens (including phenoxy) is 1. The minimum absolute atomic E-state index is 0.152. The molecule has 2 heterocycles. The lowest BCUT2D eigenvalue weighted by molar-refractivity contribution is 0.0519. The van der Waals surface area contributed by atoms with E-state index in [-0.39, 0.29) is 11.7 Å². The summed E-state index contributed by atoms with van der Waals surface area (Å²) in [5, 5.41) is 2.91. The van der Waals surface area contributed by atoms with Crippen molar-refractivity contribution in [3.8, 4) is 0 Å². The van der Waals surface area contributed by atoms with E-state index in [9.17, 15) is 4.79 Å². The van der Waals surface area contributed by atoms with Crippen LogP contribution in [0.25, 0.3) is 0 Å². The summed E-state index contributed by atoms with van der Waals surface area (Å²) in [7, 11) is 0.